The molecule has 0 radical (unpaired) electrons. The van der Waals surface area contributed by atoms with Crippen molar-refractivity contribution < 1.29 is 9.94 Å². The quantitative estimate of drug-likeness (QED) is 0.179. The van der Waals surface area contributed by atoms with E-state index in [2.05, 4.69) is 9.89 Å². The van der Waals surface area contributed by atoms with E-state index < -0.39 is 0 Å². The molecule has 0 spiro atoms. The predicted octanol–water partition coefficient (Wildman–Crippen LogP) is -0.663. The van der Waals surface area contributed by atoms with Crippen molar-refractivity contribution in [2.75, 3.05) is 7.11 Å². The van der Waals surface area contributed by atoms with E-state index in [1.165, 1.54) is 7.11 Å². The Balaban J connectivity index is 3.22. The molecule has 0 amide bonds. The highest BCUT2D eigenvalue weighted by atomic mass is 16.5. The van der Waals surface area contributed by atoms with Gasteiger partial charge in [-0.1, -0.05) is 0 Å². The molecule has 0 saturated carbocycles. The molecule has 4 nitrogen and oxygen atoms in total. The van der Waals surface area contributed by atoms with Crippen molar-refractivity contribution in [3.05, 3.63) is 0 Å². The summed E-state index contributed by atoms with van der Waals surface area (Å²) >= 11 is 0. The second kappa shape index (κ2) is 2.32. The number of methoxy groups -OCH3 is 1. The fourth-order valence-electron chi connectivity index (χ4n) is 0.0408. The molecule has 0 aliphatic heterocycles. The molecule has 36 valence electrons. The molecule has 0 rings (SSSR count). The number of amidine groups is 1. The third-order valence-corrected chi connectivity index (χ3v) is 0.308. The lowest BCUT2D eigenvalue weighted by Crippen LogP contribution is -2.12. The Morgan fingerprint density at radius 3 is 2.50 bits per heavy atom. The molecule has 0 heterocycles. The van der Waals surface area contributed by atoms with Crippen LogP contribution >= 0.6 is 0 Å². The lowest BCUT2D eigenvalue weighted by Gasteiger charge is -1.88. The van der Waals surface area contributed by atoms with Crippen LogP contribution in [0.4, 0.5) is 0 Å². The maximum atomic E-state index is 7.67. The summed E-state index contributed by atoms with van der Waals surface area (Å²) in [4.78, 5) is 0. The standard InChI is InChI=1S/C2H6N2O2/c1-6-2(3)4-5/h5H,1H3,(H2,3,4). The number of nitrogens with zero attached hydrogens (tertiary/aromatic N) is 1. The number of oxime groups is 1. The summed E-state index contributed by atoms with van der Waals surface area (Å²) in [6, 6.07) is -0.227. The van der Waals surface area contributed by atoms with Gasteiger partial charge >= 0.3 is 6.02 Å². The van der Waals surface area contributed by atoms with Gasteiger partial charge in [-0.25, -0.2) is 0 Å². The molecular weight excluding hydrogens is 84.0 g/mol. The van der Waals surface area contributed by atoms with Gasteiger partial charge in [-0.05, 0) is 5.16 Å². The van der Waals surface area contributed by atoms with Crippen LogP contribution in [0.15, 0.2) is 5.16 Å². The Morgan fingerprint density at radius 1 is 2.00 bits per heavy atom. The Labute approximate surface area is 35.2 Å². The molecule has 6 heavy (non-hydrogen) atoms. The first-order valence-corrected chi connectivity index (χ1v) is 1.32. The van der Waals surface area contributed by atoms with Crippen LogP contribution in [0.2, 0.25) is 0 Å². The molecule has 0 aromatic heterocycles. The first kappa shape index (κ1) is 5.07. The van der Waals surface area contributed by atoms with Crippen LogP contribution in [0, 0.1) is 0 Å². The molecule has 0 bridgehead atoms. The first-order chi connectivity index (χ1) is 2.81. The maximum Gasteiger partial charge on any atom is 0.320 e. The van der Waals surface area contributed by atoms with Crippen molar-refractivity contribution in [3.63, 3.8) is 0 Å². The number of hydrogen-bond acceptors (Lipinski definition) is 3. The summed E-state index contributed by atoms with van der Waals surface area (Å²) in [7, 11) is 1.31. The van der Waals surface area contributed by atoms with E-state index in [9.17, 15) is 0 Å². The number of hydrogen-bond donors (Lipinski definition) is 2. The Hall–Kier alpha value is -0.930. The SMILES string of the molecule is COC(N)=NO. The first-order valence-electron chi connectivity index (χ1n) is 1.32. The molecule has 0 atom stereocenters. The van der Waals surface area contributed by atoms with Gasteiger partial charge in [0.15, 0.2) is 0 Å². The zero-order valence-electron chi connectivity index (χ0n) is 3.38. The average molecular weight is 90.1 g/mol. The minimum atomic E-state index is -0.227. The average Bonchev–Trinajstić information content (AvgIpc) is 1.65. The molecule has 0 aliphatic rings. The van der Waals surface area contributed by atoms with E-state index in [-0.39, 0.29) is 6.02 Å². The molecular formula is C2H6N2O2. The van der Waals surface area contributed by atoms with Gasteiger partial charge in [0, 0.05) is 0 Å². The van der Waals surface area contributed by atoms with Gasteiger partial charge in [-0.2, -0.15) is 0 Å². The fourth-order valence-corrected chi connectivity index (χ4v) is 0.0408. The summed E-state index contributed by atoms with van der Waals surface area (Å²) in [5, 5.41) is 10.2. The highest BCUT2D eigenvalue weighted by Crippen LogP contribution is 1.59. The van der Waals surface area contributed by atoms with Crippen LogP contribution in [0.3, 0.4) is 0 Å². The van der Waals surface area contributed by atoms with Gasteiger partial charge in [0.25, 0.3) is 0 Å². The summed E-state index contributed by atoms with van der Waals surface area (Å²) in [5.41, 5.74) is 4.75. The molecule has 0 aliphatic carbocycles. The van der Waals surface area contributed by atoms with Gasteiger partial charge in [-0.15, -0.1) is 0 Å². The second-order valence-electron chi connectivity index (χ2n) is 0.642. The summed E-state index contributed by atoms with van der Waals surface area (Å²) in [6.07, 6.45) is 0. The summed E-state index contributed by atoms with van der Waals surface area (Å²) in [5.74, 6) is 0. The maximum absolute atomic E-state index is 7.67. The molecule has 0 aromatic carbocycles. The van der Waals surface area contributed by atoms with Gasteiger partial charge < -0.3 is 15.7 Å². The molecule has 4 heteroatoms. The van der Waals surface area contributed by atoms with E-state index in [0.29, 0.717) is 0 Å². The minimum absolute atomic E-state index is 0.227. The zero-order valence-corrected chi connectivity index (χ0v) is 3.38. The summed E-state index contributed by atoms with van der Waals surface area (Å²) in [6.45, 7) is 0. The largest absolute Gasteiger partial charge is 0.467 e. The van der Waals surface area contributed by atoms with Gasteiger partial charge in [0.05, 0.1) is 7.11 Å². The topological polar surface area (TPSA) is 67.8 Å². The number of rotatable bonds is 0. The second-order valence-corrected chi connectivity index (χ2v) is 0.642. The molecule has 0 saturated heterocycles. The van der Waals surface area contributed by atoms with Gasteiger partial charge in [0.1, 0.15) is 0 Å². The summed E-state index contributed by atoms with van der Waals surface area (Å²) < 4.78 is 4.18. The lowest BCUT2D eigenvalue weighted by molar-refractivity contribution is 0.283. The van der Waals surface area contributed by atoms with Gasteiger partial charge in [0.2, 0.25) is 0 Å². The van der Waals surface area contributed by atoms with Crippen LogP contribution in [0.5, 0.6) is 0 Å². The lowest BCUT2D eigenvalue weighted by atomic mass is 11.2. The van der Waals surface area contributed by atoms with Crippen molar-refractivity contribution in [1.82, 2.24) is 0 Å². The molecule has 3 N–H and O–H groups in total. The fraction of sp³-hybridized carbons (Fsp3) is 0.500. The Kier molecular flexibility index (Phi) is 1.96. The normalized spacial score (nSPS) is 11.2. The third-order valence-electron chi connectivity index (χ3n) is 0.308. The van der Waals surface area contributed by atoms with Crippen molar-refractivity contribution in [2.24, 2.45) is 10.9 Å². The highest BCUT2D eigenvalue weighted by Gasteiger charge is 1.77. The number of ether oxygens (including phenoxy) is 1. The number of nitrogens with two attached hydrogens (primary N) is 1. The highest BCUT2D eigenvalue weighted by molar-refractivity contribution is 5.70. The van der Waals surface area contributed by atoms with Crippen LogP contribution in [-0.2, 0) is 4.74 Å². The van der Waals surface area contributed by atoms with E-state index >= 15 is 0 Å². The van der Waals surface area contributed by atoms with E-state index in [1.807, 2.05) is 0 Å². The van der Waals surface area contributed by atoms with Crippen LogP contribution in [0.1, 0.15) is 0 Å². The van der Waals surface area contributed by atoms with Gasteiger partial charge in [-0.3, -0.25) is 0 Å². The Morgan fingerprint density at radius 2 is 2.50 bits per heavy atom. The molecule has 0 fully saturated rings. The smallest absolute Gasteiger partial charge is 0.320 e. The minimum Gasteiger partial charge on any atom is -0.467 e. The Bertz CT molecular complexity index is 60.6. The van der Waals surface area contributed by atoms with Crippen molar-refractivity contribution in [2.45, 2.75) is 0 Å². The predicted molar refractivity (Wildman–Crippen MR) is 20.4 cm³/mol. The van der Waals surface area contributed by atoms with Crippen molar-refractivity contribution in [1.29, 1.82) is 0 Å². The van der Waals surface area contributed by atoms with E-state index in [0.717, 1.165) is 0 Å². The molecule has 0 unspecified atom stereocenters. The van der Waals surface area contributed by atoms with Crippen LogP contribution in [0.25, 0.3) is 0 Å². The zero-order chi connectivity index (χ0) is 4.99. The third kappa shape index (κ3) is 1.40. The monoisotopic (exact) mass is 90.0 g/mol. The van der Waals surface area contributed by atoms with E-state index in [4.69, 9.17) is 10.9 Å². The molecule has 0 aromatic rings. The van der Waals surface area contributed by atoms with Crippen LogP contribution < -0.4 is 5.73 Å². The van der Waals surface area contributed by atoms with E-state index in [1.54, 1.807) is 0 Å². The van der Waals surface area contributed by atoms with Crippen molar-refractivity contribution >= 4 is 6.02 Å². The van der Waals surface area contributed by atoms with Crippen molar-refractivity contribution in [3.8, 4) is 0 Å². The van der Waals surface area contributed by atoms with Crippen LogP contribution in [-0.4, -0.2) is 18.3 Å².